The second kappa shape index (κ2) is 3.57. The van der Waals surface area contributed by atoms with Gasteiger partial charge in [0.1, 0.15) is 3.82 Å². The fraction of sp³-hybridized carbons (Fsp3) is 0. The highest BCUT2D eigenvalue weighted by atomic mass is 32.9. The van der Waals surface area contributed by atoms with Gasteiger partial charge in [0.05, 0.1) is 5.56 Å². The average Bonchev–Trinajstić information content (AvgIpc) is 2.48. The van der Waals surface area contributed by atoms with E-state index in [1.165, 1.54) is 20.7 Å². The van der Waals surface area contributed by atoms with Crippen LogP contribution in [0.3, 0.4) is 0 Å². The van der Waals surface area contributed by atoms with Crippen LogP contribution in [-0.2, 0) is 0 Å². The summed E-state index contributed by atoms with van der Waals surface area (Å²) in [5, 5.41) is 9.87. The highest BCUT2D eigenvalue weighted by Crippen LogP contribution is 2.38. The van der Waals surface area contributed by atoms with Gasteiger partial charge in [-0.25, -0.2) is 0 Å². The maximum atomic E-state index is 9.55. The van der Waals surface area contributed by atoms with E-state index < -0.39 is 0 Å². The van der Waals surface area contributed by atoms with E-state index in [9.17, 15) is 5.11 Å². The zero-order valence-corrected chi connectivity index (χ0v) is 9.01. The third-order valence-corrected chi connectivity index (χ3v) is 4.47. The van der Waals surface area contributed by atoms with E-state index in [1.54, 1.807) is 0 Å². The summed E-state index contributed by atoms with van der Waals surface area (Å²) >= 11 is 5.12. The Bertz CT molecular complexity index is 455. The van der Waals surface area contributed by atoms with E-state index in [0.29, 0.717) is 5.06 Å². The fourth-order valence-corrected chi connectivity index (χ4v) is 3.46. The van der Waals surface area contributed by atoms with Gasteiger partial charge in [-0.15, -0.1) is 0 Å². The highest BCUT2D eigenvalue weighted by Gasteiger charge is 2.08. The lowest BCUT2D eigenvalue weighted by Crippen LogP contribution is -1.72. The summed E-state index contributed by atoms with van der Waals surface area (Å²) in [6, 6.07) is 9.71. The van der Waals surface area contributed by atoms with Gasteiger partial charge in [-0.05, 0) is 15.9 Å². The summed E-state index contributed by atoms with van der Waals surface area (Å²) < 4.78 is 0.758. The van der Waals surface area contributed by atoms with Gasteiger partial charge < -0.3 is 5.11 Å². The molecule has 0 aliphatic heterocycles. The van der Waals surface area contributed by atoms with Crippen molar-refractivity contribution in [3.63, 3.8) is 0 Å². The van der Waals surface area contributed by atoms with Crippen LogP contribution in [0.15, 0.2) is 30.3 Å². The van der Waals surface area contributed by atoms with E-state index in [2.05, 4.69) is 0 Å². The molecule has 1 nitrogen and oxygen atoms in total. The average molecular weight is 226 g/mol. The van der Waals surface area contributed by atoms with Crippen LogP contribution in [0.1, 0.15) is 0 Å². The first kappa shape index (κ1) is 8.87. The van der Waals surface area contributed by atoms with Gasteiger partial charge in [-0.2, -0.15) is 0 Å². The smallest absolute Gasteiger partial charge is 0.191 e. The molecular weight excluding hydrogens is 220 g/mol. The standard InChI is InChI=1S/C9H6OS3/c10-8-7(9(11)13-12-8)6-4-2-1-3-5-6/h1-5,10H. The number of hydrogen-bond acceptors (Lipinski definition) is 4. The summed E-state index contributed by atoms with van der Waals surface area (Å²) in [5.41, 5.74) is 1.79. The number of benzene rings is 1. The first-order valence-electron chi connectivity index (χ1n) is 3.66. The topological polar surface area (TPSA) is 20.2 Å². The molecule has 0 saturated carbocycles. The monoisotopic (exact) mass is 226 g/mol. The molecule has 0 amide bonds. The second-order valence-corrected chi connectivity index (χ2v) is 5.30. The van der Waals surface area contributed by atoms with Crippen molar-refractivity contribution in [2.45, 2.75) is 0 Å². The van der Waals surface area contributed by atoms with Crippen molar-refractivity contribution in [1.82, 2.24) is 0 Å². The van der Waals surface area contributed by atoms with Gasteiger partial charge in [-0.1, -0.05) is 52.9 Å². The van der Waals surface area contributed by atoms with Crippen LogP contribution in [0.4, 0.5) is 0 Å². The molecule has 0 saturated heterocycles. The van der Waals surface area contributed by atoms with Crippen molar-refractivity contribution < 1.29 is 5.11 Å². The Labute approximate surface area is 88.3 Å². The van der Waals surface area contributed by atoms with Crippen LogP contribution >= 0.6 is 32.9 Å². The van der Waals surface area contributed by atoms with Crippen molar-refractivity contribution >= 4 is 32.9 Å². The fourth-order valence-electron chi connectivity index (χ4n) is 1.09. The molecule has 0 radical (unpaired) electrons. The zero-order chi connectivity index (χ0) is 9.26. The van der Waals surface area contributed by atoms with Crippen LogP contribution in [0.2, 0.25) is 0 Å². The first-order valence-corrected chi connectivity index (χ1v) is 6.22. The molecule has 2 rings (SSSR count). The molecule has 0 aliphatic rings. The van der Waals surface area contributed by atoms with Gasteiger partial charge in [0, 0.05) is 0 Å². The van der Waals surface area contributed by atoms with E-state index in [1.807, 2.05) is 30.3 Å². The quantitative estimate of drug-likeness (QED) is 0.587. The van der Waals surface area contributed by atoms with Gasteiger partial charge in [0.2, 0.25) is 0 Å². The molecule has 0 fully saturated rings. The molecule has 13 heavy (non-hydrogen) atoms. The summed E-state index contributed by atoms with van der Waals surface area (Å²) in [4.78, 5) is 0. The maximum absolute atomic E-state index is 9.55. The summed E-state index contributed by atoms with van der Waals surface area (Å²) in [6.45, 7) is 0. The lowest BCUT2D eigenvalue weighted by atomic mass is 10.1. The molecule has 0 aliphatic carbocycles. The van der Waals surface area contributed by atoms with Crippen molar-refractivity contribution in [2.24, 2.45) is 0 Å². The van der Waals surface area contributed by atoms with Crippen LogP contribution in [0.5, 0.6) is 5.06 Å². The van der Waals surface area contributed by atoms with Crippen LogP contribution < -0.4 is 0 Å². The lowest BCUT2D eigenvalue weighted by Gasteiger charge is -1.96. The Morgan fingerprint density at radius 1 is 1.08 bits per heavy atom. The third kappa shape index (κ3) is 1.65. The molecule has 1 aromatic heterocycles. The molecule has 1 N–H and O–H groups in total. The Morgan fingerprint density at radius 3 is 2.31 bits per heavy atom. The van der Waals surface area contributed by atoms with Gasteiger partial charge in [0.25, 0.3) is 0 Å². The predicted octanol–water partition coefficient (Wildman–Crippen LogP) is 3.91. The summed E-state index contributed by atoms with van der Waals surface area (Å²) in [7, 11) is 2.75. The molecule has 4 heteroatoms. The molecule has 1 heterocycles. The van der Waals surface area contributed by atoms with Crippen molar-refractivity contribution in [3.05, 3.63) is 34.2 Å². The summed E-state index contributed by atoms with van der Waals surface area (Å²) in [5.74, 6) is 0. The van der Waals surface area contributed by atoms with Crippen LogP contribution in [-0.4, -0.2) is 5.11 Å². The Balaban J connectivity index is 2.65. The predicted molar refractivity (Wildman–Crippen MR) is 60.1 cm³/mol. The Hall–Kier alpha value is -0.710. The van der Waals surface area contributed by atoms with Crippen molar-refractivity contribution in [2.75, 3.05) is 0 Å². The third-order valence-electron chi connectivity index (χ3n) is 1.68. The van der Waals surface area contributed by atoms with E-state index >= 15 is 0 Å². The molecule has 0 atom stereocenters. The maximum Gasteiger partial charge on any atom is 0.191 e. The largest absolute Gasteiger partial charge is 0.498 e. The molecule has 66 valence electrons. The number of hydrogen-bond donors (Lipinski definition) is 1. The Kier molecular flexibility index (Phi) is 2.44. The number of rotatable bonds is 1. The molecular formula is C9H6OS3. The van der Waals surface area contributed by atoms with Crippen LogP contribution in [0.25, 0.3) is 11.1 Å². The van der Waals surface area contributed by atoms with Gasteiger partial charge >= 0.3 is 0 Å². The highest BCUT2D eigenvalue weighted by molar-refractivity contribution is 7.80. The van der Waals surface area contributed by atoms with Crippen molar-refractivity contribution in [3.8, 4) is 16.2 Å². The van der Waals surface area contributed by atoms with E-state index in [0.717, 1.165) is 15.0 Å². The molecule has 0 spiro atoms. The van der Waals surface area contributed by atoms with Crippen LogP contribution in [0, 0.1) is 3.82 Å². The summed E-state index contributed by atoms with van der Waals surface area (Å²) in [6.07, 6.45) is 0. The molecule has 1 aromatic carbocycles. The van der Waals surface area contributed by atoms with Gasteiger partial charge in [-0.3, -0.25) is 0 Å². The minimum absolute atomic E-state index is 0.321. The number of aromatic hydroxyl groups is 1. The van der Waals surface area contributed by atoms with E-state index in [4.69, 9.17) is 12.2 Å². The second-order valence-electron chi connectivity index (χ2n) is 2.50. The SMILES string of the molecule is Oc1ssc(=S)c1-c1ccccc1. The molecule has 0 unspecified atom stereocenters. The zero-order valence-electron chi connectivity index (χ0n) is 6.56. The molecule has 0 bridgehead atoms. The minimum atomic E-state index is 0.321. The lowest BCUT2D eigenvalue weighted by molar-refractivity contribution is 0.492. The first-order chi connectivity index (χ1) is 6.29. The van der Waals surface area contributed by atoms with Crippen molar-refractivity contribution in [1.29, 1.82) is 0 Å². The minimum Gasteiger partial charge on any atom is -0.498 e. The molecule has 2 aromatic rings. The Morgan fingerprint density at radius 2 is 1.77 bits per heavy atom. The normalized spacial score (nSPS) is 10.2. The van der Waals surface area contributed by atoms with Gasteiger partial charge in [0.15, 0.2) is 5.06 Å². The van der Waals surface area contributed by atoms with E-state index in [-0.39, 0.29) is 0 Å².